The number of tetrazole rings is 1. The van der Waals surface area contributed by atoms with Crippen molar-refractivity contribution in [1.29, 1.82) is 0 Å². The second-order valence-electron chi connectivity index (χ2n) is 5.16. The van der Waals surface area contributed by atoms with Gasteiger partial charge in [0.2, 0.25) is 6.79 Å². The number of benzene rings is 2. The third-order valence-corrected chi connectivity index (χ3v) is 3.67. The van der Waals surface area contributed by atoms with Crippen LogP contribution in [0.15, 0.2) is 42.7 Å². The normalized spacial score (nSPS) is 12.0. The van der Waals surface area contributed by atoms with E-state index in [0.717, 1.165) is 0 Å². The fraction of sp³-hybridized carbons (Fsp3) is 0.125. The van der Waals surface area contributed by atoms with Crippen LogP contribution >= 0.6 is 0 Å². The van der Waals surface area contributed by atoms with Crippen LogP contribution in [-0.2, 0) is 0 Å². The van der Waals surface area contributed by atoms with Gasteiger partial charge < -0.3 is 19.5 Å². The Balaban J connectivity index is 1.57. The summed E-state index contributed by atoms with van der Waals surface area (Å²) in [5.41, 5.74) is 1.71. The molecule has 0 bridgehead atoms. The molecule has 9 heteroatoms. The third-order valence-electron chi connectivity index (χ3n) is 3.67. The first-order valence-electron chi connectivity index (χ1n) is 7.37. The molecule has 126 valence electrons. The molecular formula is C16H13N5O4. The number of ether oxygens (including phenoxy) is 3. The van der Waals surface area contributed by atoms with Crippen LogP contribution in [0.1, 0.15) is 10.4 Å². The van der Waals surface area contributed by atoms with Crippen LogP contribution in [0.3, 0.4) is 0 Å². The Hall–Kier alpha value is -3.62. The van der Waals surface area contributed by atoms with Crippen LogP contribution in [-0.4, -0.2) is 40.0 Å². The van der Waals surface area contributed by atoms with Gasteiger partial charge in [0, 0.05) is 17.3 Å². The van der Waals surface area contributed by atoms with Crippen LogP contribution < -0.4 is 19.5 Å². The average Bonchev–Trinajstić information content (AvgIpc) is 3.32. The lowest BCUT2D eigenvalue weighted by Gasteiger charge is -2.11. The van der Waals surface area contributed by atoms with Gasteiger partial charge in [0.1, 0.15) is 17.8 Å². The third kappa shape index (κ3) is 2.82. The van der Waals surface area contributed by atoms with Crippen molar-refractivity contribution in [2.45, 2.75) is 0 Å². The number of hydrogen-bond acceptors (Lipinski definition) is 7. The largest absolute Gasteiger partial charge is 0.494 e. The van der Waals surface area contributed by atoms with Crippen molar-refractivity contribution in [3.63, 3.8) is 0 Å². The van der Waals surface area contributed by atoms with E-state index in [2.05, 4.69) is 20.8 Å². The summed E-state index contributed by atoms with van der Waals surface area (Å²) in [6, 6.07) is 10.2. The maximum absolute atomic E-state index is 12.4. The lowest BCUT2D eigenvalue weighted by Crippen LogP contribution is -2.12. The van der Waals surface area contributed by atoms with E-state index in [9.17, 15) is 4.79 Å². The van der Waals surface area contributed by atoms with Gasteiger partial charge in [-0.2, -0.15) is 4.68 Å². The number of hydrogen-bond donors (Lipinski definition) is 1. The molecule has 3 aromatic rings. The first-order valence-corrected chi connectivity index (χ1v) is 7.37. The van der Waals surface area contributed by atoms with Crippen molar-refractivity contribution in [3.05, 3.63) is 48.3 Å². The number of rotatable bonds is 4. The van der Waals surface area contributed by atoms with Crippen LogP contribution in [0.4, 0.5) is 5.69 Å². The zero-order valence-corrected chi connectivity index (χ0v) is 13.2. The average molecular weight is 339 g/mol. The summed E-state index contributed by atoms with van der Waals surface area (Å²) in [6.45, 7) is 0.163. The maximum Gasteiger partial charge on any atom is 0.255 e. The minimum absolute atomic E-state index is 0.163. The highest BCUT2D eigenvalue weighted by Crippen LogP contribution is 2.33. The molecule has 1 N–H and O–H groups in total. The molecule has 0 unspecified atom stereocenters. The molecule has 0 radical (unpaired) electrons. The topological polar surface area (TPSA) is 100 Å². The van der Waals surface area contributed by atoms with Crippen LogP contribution in [0.25, 0.3) is 5.69 Å². The smallest absolute Gasteiger partial charge is 0.255 e. The molecule has 9 nitrogen and oxygen atoms in total. The number of aromatic nitrogens is 4. The summed E-state index contributed by atoms with van der Waals surface area (Å²) in [6.07, 6.45) is 1.46. The Morgan fingerprint density at radius 2 is 2.08 bits per heavy atom. The van der Waals surface area contributed by atoms with Gasteiger partial charge in [-0.15, -0.1) is 5.10 Å². The van der Waals surface area contributed by atoms with Crippen LogP contribution in [0.5, 0.6) is 17.2 Å². The van der Waals surface area contributed by atoms with Gasteiger partial charge >= 0.3 is 0 Å². The fourth-order valence-corrected chi connectivity index (χ4v) is 2.46. The van der Waals surface area contributed by atoms with E-state index >= 15 is 0 Å². The first kappa shape index (κ1) is 14.9. The van der Waals surface area contributed by atoms with Gasteiger partial charge in [0.15, 0.2) is 11.5 Å². The minimum atomic E-state index is -0.268. The summed E-state index contributed by atoms with van der Waals surface area (Å²) in [4.78, 5) is 12.4. The number of nitrogens with one attached hydrogen (secondary N) is 1. The molecule has 1 amide bonds. The summed E-state index contributed by atoms with van der Waals surface area (Å²) >= 11 is 0. The summed E-state index contributed by atoms with van der Waals surface area (Å²) in [7, 11) is 1.53. The van der Waals surface area contributed by atoms with Crippen molar-refractivity contribution in [2.24, 2.45) is 0 Å². The predicted molar refractivity (Wildman–Crippen MR) is 86.2 cm³/mol. The van der Waals surface area contributed by atoms with E-state index in [1.54, 1.807) is 36.4 Å². The number of methoxy groups -OCH3 is 1. The number of carbonyl (C=O) groups is 1. The number of anilines is 1. The highest BCUT2D eigenvalue weighted by atomic mass is 16.7. The van der Waals surface area contributed by atoms with E-state index in [-0.39, 0.29) is 12.7 Å². The Bertz CT molecular complexity index is 926. The lowest BCUT2D eigenvalue weighted by molar-refractivity contribution is 0.102. The first-order chi connectivity index (χ1) is 12.2. The fourth-order valence-electron chi connectivity index (χ4n) is 2.46. The molecule has 4 rings (SSSR count). The monoisotopic (exact) mass is 339 g/mol. The zero-order valence-electron chi connectivity index (χ0n) is 13.2. The minimum Gasteiger partial charge on any atom is -0.494 e. The molecule has 0 aliphatic carbocycles. The number of fused-ring (bicyclic) bond motifs is 1. The van der Waals surface area contributed by atoms with E-state index in [1.807, 2.05) is 0 Å². The summed E-state index contributed by atoms with van der Waals surface area (Å²) in [5, 5.41) is 13.8. The summed E-state index contributed by atoms with van der Waals surface area (Å²) < 4.78 is 17.4. The van der Waals surface area contributed by atoms with Crippen LogP contribution in [0, 0.1) is 0 Å². The van der Waals surface area contributed by atoms with E-state index in [4.69, 9.17) is 14.2 Å². The molecule has 1 aliphatic rings. The Morgan fingerprint density at radius 1 is 1.20 bits per heavy atom. The highest BCUT2D eigenvalue weighted by molar-refractivity contribution is 6.04. The molecule has 0 saturated carbocycles. The molecule has 1 aliphatic heterocycles. The molecule has 0 atom stereocenters. The van der Waals surface area contributed by atoms with Crippen molar-refractivity contribution in [3.8, 4) is 22.9 Å². The van der Waals surface area contributed by atoms with E-state index in [1.165, 1.54) is 18.1 Å². The van der Waals surface area contributed by atoms with Crippen molar-refractivity contribution >= 4 is 11.6 Å². The lowest BCUT2D eigenvalue weighted by atomic mass is 10.1. The number of nitrogens with zero attached hydrogens (tertiary/aromatic N) is 4. The molecule has 0 fully saturated rings. The predicted octanol–water partition coefficient (Wildman–Crippen LogP) is 1.65. The Kier molecular flexibility index (Phi) is 3.65. The standard InChI is InChI=1S/C16H13N5O4/c1-23-14-7-11(3-4-12(14)21-8-17-19-20-21)18-16(22)10-2-5-13-15(6-10)25-9-24-13/h2-8H,9H2,1H3,(H,18,22). The van der Waals surface area contributed by atoms with Gasteiger partial charge in [0.25, 0.3) is 5.91 Å². The molecule has 1 aromatic heterocycles. The van der Waals surface area contributed by atoms with Gasteiger partial charge in [-0.3, -0.25) is 4.79 Å². The molecule has 0 spiro atoms. The second-order valence-corrected chi connectivity index (χ2v) is 5.16. The highest BCUT2D eigenvalue weighted by Gasteiger charge is 2.17. The molecule has 2 heterocycles. The van der Waals surface area contributed by atoms with E-state index in [0.29, 0.717) is 34.2 Å². The second kappa shape index (κ2) is 6.11. The zero-order chi connectivity index (χ0) is 17.2. The molecule has 2 aromatic carbocycles. The van der Waals surface area contributed by atoms with Crippen molar-refractivity contribution in [2.75, 3.05) is 19.2 Å². The molecule has 0 saturated heterocycles. The van der Waals surface area contributed by atoms with Crippen molar-refractivity contribution < 1.29 is 19.0 Å². The van der Waals surface area contributed by atoms with Gasteiger partial charge in [0.05, 0.1) is 7.11 Å². The van der Waals surface area contributed by atoms with Gasteiger partial charge in [-0.1, -0.05) is 0 Å². The van der Waals surface area contributed by atoms with Crippen molar-refractivity contribution in [1.82, 2.24) is 20.2 Å². The Labute approximate surface area is 142 Å². The van der Waals surface area contributed by atoms with Gasteiger partial charge in [-0.05, 0) is 40.8 Å². The van der Waals surface area contributed by atoms with Crippen LogP contribution in [0.2, 0.25) is 0 Å². The summed E-state index contributed by atoms with van der Waals surface area (Å²) in [5.74, 6) is 1.44. The molecule has 25 heavy (non-hydrogen) atoms. The number of carbonyl (C=O) groups excluding carboxylic acids is 1. The van der Waals surface area contributed by atoms with E-state index < -0.39 is 0 Å². The number of amides is 1. The Morgan fingerprint density at radius 3 is 2.88 bits per heavy atom. The quantitative estimate of drug-likeness (QED) is 0.771. The maximum atomic E-state index is 12.4. The molecular weight excluding hydrogens is 326 g/mol. The SMILES string of the molecule is COc1cc(NC(=O)c2ccc3c(c2)OCO3)ccc1-n1cnnn1. The van der Waals surface area contributed by atoms with Gasteiger partial charge in [-0.25, -0.2) is 0 Å².